The van der Waals surface area contributed by atoms with Crippen LogP contribution in [0, 0.1) is 6.92 Å². The van der Waals surface area contributed by atoms with Gasteiger partial charge in [0.2, 0.25) is 5.95 Å². The second-order valence-electron chi connectivity index (χ2n) is 8.20. The third kappa shape index (κ3) is 4.21. The molecule has 162 valence electrons. The molecule has 3 heterocycles. The Hall–Kier alpha value is -3.67. The van der Waals surface area contributed by atoms with Crippen LogP contribution in [-0.4, -0.2) is 48.2 Å². The molecule has 0 aliphatic carbocycles. The number of piperazine rings is 1. The Morgan fingerprint density at radius 1 is 0.844 bits per heavy atom. The van der Waals surface area contributed by atoms with Gasteiger partial charge in [0, 0.05) is 56.1 Å². The number of nitrogens with zero attached hydrogens (tertiary/aromatic N) is 5. The average Bonchev–Trinajstić information content (AvgIpc) is 2.84. The van der Waals surface area contributed by atoms with E-state index in [1.54, 1.807) is 7.11 Å². The largest absolute Gasteiger partial charge is 0.497 e. The third-order valence-electron chi connectivity index (χ3n) is 6.02. The SMILES string of the molecule is COc1ccc(Cc2ccnc(N3CCN(c4ccnc5cc(C)ccc45)CC3)n2)cc1. The number of ether oxygens (including phenoxy) is 1. The van der Waals surface area contributed by atoms with Gasteiger partial charge in [-0.3, -0.25) is 4.98 Å². The summed E-state index contributed by atoms with van der Waals surface area (Å²) in [4.78, 5) is 18.7. The van der Waals surface area contributed by atoms with Crippen molar-refractivity contribution in [2.75, 3.05) is 43.1 Å². The maximum Gasteiger partial charge on any atom is 0.225 e. The van der Waals surface area contributed by atoms with Crippen molar-refractivity contribution < 1.29 is 4.74 Å². The lowest BCUT2D eigenvalue weighted by molar-refractivity contribution is 0.414. The molecule has 0 N–H and O–H groups in total. The molecule has 1 saturated heterocycles. The van der Waals surface area contributed by atoms with E-state index in [1.165, 1.54) is 22.2 Å². The van der Waals surface area contributed by atoms with E-state index in [2.05, 4.69) is 63.1 Å². The number of pyridine rings is 1. The Labute approximate surface area is 188 Å². The zero-order chi connectivity index (χ0) is 21.9. The van der Waals surface area contributed by atoms with Crippen LogP contribution in [0.1, 0.15) is 16.8 Å². The van der Waals surface area contributed by atoms with Gasteiger partial charge in [-0.05, 0) is 48.4 Å². The number of rotatable bonds is 5. The molecule has 0 spiro atoms. The van der Waals surface area contributed by atoms with E-state index in [0.717, 1.165) is 55.5 Å². The van der Waals surface area contributed by atoms with Crippen LogP contribution in [0.15, 0.2) is 67.0 Å². The molecular weight excluding hydrogens is 398 g/mol. The van der Waals surface area contributed by atoms with Crippen LogP contribution < -0.4 is 14.5 Å². The van der Waals surface area contributed by atoms with Gasteiger partial charge in [-0.25, -0.2) is 9.97 Å². The van der Waals surface area contributed by atoms with E-state index >= 15 is 0 Å². The molecule has 0 atom stereocenters. The average molecular weight is 426 g/mol. The fraction of sp³-hybridized carbons (Fsp3) is 0.269. The molecule has 1 fully saturated rings. The number of anilines is 2. The second-order valence-corrected chi connectivity index (χ2v) is 8.20. The van der Waals surface area contributed by atoms with Crippen LogP contribution in [0.5, 0.6) is 5.75 Å². The normalized spacial score (nSPS) is 14.1. The lowest BCUT2D eigenvalue weighted by atomic mass is 10.1. The Kier molecular flexibility index (Phi) is 5.58. The third-order valence-corrected chi connectivity index (χ3v) is 6.02. The molecule has 32 heavy (non-hydrogen) atoms. The summed E-state index contributed by atoms with van der Waals surface area (Å²) in [5.41, 5.74) is 5.78. The lowest BCUT2D eigenvalue weighted by Crippen LogP contribution is -2.47. The highest BCUT2D eigenvalue weighted by atomic mass is 16.5. The van der Waals surface area contributed by atoms with Crippen molar-refractivity contribution in [3.63, 3.8) is 0 Å². The van der Waals surface area contributed by atoms with E-state index < -0.39 is 0 Å². The molecule has 6 nitrogen and oxygen atoms in total. The van der Waals surface area contributed by atoms with Crippen LogP contribution in [0.3, 0.4) is 0 Å². The van der Waals surface area contributed by atoms with E-state index in [1.807, 2.05) is 30.6 Å². The molecule has 0 unspecified atom stereocenters. The molecule has 6 heteroatoms. The summed E-state index contributed by atoms with van der Waals surface area (Å²) in [5.74, 6) is 1.68. The van der Waals surface area contributed by atoms with E-state index in [0.29, 0.717) is 0 Å². The highest BCUT2D eigenvalue weighted by Crippen LogP contribution is 2.27. The van der Waals surface area contributed by atoms with Crippen molar-refractivity contribution >= 4 is 22.5 Å². The van der Waals surface area contributed by atoms with Crippen molar-refractivity contribution in [2.24, 2.45) is 0 Å². The van der Waals surface area contributed by atoms with E-state index in [4.69, 9.17) is 9.72 Å². The monoisotopic (exact) mass is 425 g/mol. The van der Waals surface area contributed by atoms with Gasteiger partial charge in [0.05, 0.1) is 18.3 Å². The summed E-state index contributed by atoms with van der Waals surface area (Å²) in [6.45, 7) is 5.75. The minimum Gasteiger partial charge on any atom is -0.497 e. The van der Waals surface area contributed by atoms with E-state index in [-0.39, 0.29) is 0 Å². The molecule has 0 bridgehead atoms. The van der Waals surface area contributed by atoms with Gasteiger partial charge < -0.3 is 14.5 Å². The van der Waals surface area contributed by atoms with Crippen LogP contribution >= 0.6 is 0 Å². The van der Waals surface area contributed by atoms with Crippen molar-refractivity contribution in [3.05, 3.63) is 83.8 Å². The molecular formula is C26H27N5O. The number of fused-ring (bicyclic) bond motifs is 1. The number of benzene rings is 2. The molecule has 0 radical (unpaired) electrons. The molecule has 0 saturated carbocycles. The summed E-state index contributed by atoms with van der Waals surface area (Å²) in [7, 11) is 1.68. The molecule has 2 aromatic heterocycles. The molecule has 4 aromatic rings. The fourth-order valence-corrected chi connectivity index (χ4v) is 4.25. The zero-order valence-corrected chi connectivity index (χ0v) is 18.5. The standard InChI is InChI=1S/C26H27N5O/c1-19-3-8-23-24(17-19)27-12-10-25(23)30-13-15-31(16-14-30)26-28-11-9-21(29-26)18-20-4-6-22(32-2)7-5-20/h3-12,17H,13-16,18H2,1-2H3. The first-order chi connectivity index (χ1) is 15.7. The highest BCUT2D eigenvalue weighted by molar-refractivity contribution is 5.92. The van der Waals surface area contributed by atoms with Crippen LogP contribution in [-0.2, 0) is 6.42 Å². The minimum atomic E-state index is 0.780. The van der Waals surface area contributed by atoms with Gasteiger partial charge in [-0.1, -0.05) is 24.3 Å². The van der Waals surface area contributed by atoms with Gasteiger partial charge >= 0.3 is 0 Å². The molecule has 5 rings (SSSR count). The Morgan fingerprint density at radius 2 is 1.59 bits per heavy atom. The molecule has 2 aromatic carbocycles. The lowest BCUT2D eigenvalue weighted by Gasteiger charge is -2.36. The Bertz CT molecular complexity index is 1220. The van der Waals surface area contributed by atoms with Gasteiger partial charge in [-0.15, -0.1) is 0 Å². The van der Waals surface area contributed by atoms with Gasteiger partial charge in [-0.2, -0.15) is 0 Å². The predicted octanol–water partition coefficient (Wildman–Crippen LogP) is 4.26. The Balaban J connectivity index is 1.28. The van der Waals surface area contributed by atoms with Gasteiger partial charge in [0.25, 0.3) is 0 Å². The number of hydrogen-bond acceptors (Lipinski definition) is 6. The highest BCUT2D eigenvalue weighted by Gasteiger charge is 2.21. The Morgan fingerprint density at radius 3 is 2.38 bits per heavy atom. The first kappa shape index (κ1) is 20.2. The van der Waals surface area contributed by atoms with Crippen molar-refractivity contribution in [2.45, 2.75) is 13.3 Å². The summed E-state index contributed by atoms with van der Waals surface area (Å²) in [6, 6.07) is 18.8. The summed E-state index contributed by atoms with van der Waals surface area (Å²) >= 11 is 0. The van der Waals surface area contributed by atoms with Gasteiger partial charge in [0.15, 0.2) is 0 Å². The first-order valence-corrected chi connectivity index (χ1v) is 11.0. The molecule has 1 aliphatic heterocycles. The summed E-state index contributed by atoms with van der Waals surface area (Å²) < 4.78 is 5.25. The van der Waals surface area contributed by atoms with Gasteiger partial charge in [0.1, 0.15) is 5.75 Å². The second kappa shape index (κ2) is 8.83. The number of aryl methyl sites for hydroxylation is 1. The van der Waals surface area contributed by atoms with Crippen molar-refractivity contribution in [1.82, 2.24) is 15.0 Å². The maximum atomic E-state index is 5.25. The predicted molar refractivity (Wildman–Crippen MR) is 129 cm³/mol. The zero-order valence-electron chi connectivity index (χ0n) is 18.5. The van der Waals surface area contributed by atoms with Crippen LogP contribution in [0.2, 0.25) is 0 Å². The van der Waals surface area contributed by atoms with Crippen LogP contribution in [0.4, 0.5) is 11.6 Å². The van der Waals surface area contributed by atoms with E-state index in [9.17, 15) is 0 Å². The molecule has 0 amide bonds. The van der Waals surface area contributed by atoms with Crippen molar-refractivity contribution in [1.29, 1.82) is 0 Å². The van der Waals surface area contributed by atoms with Crippen LogP contribution in [0.25, 0.3) is 10.9 Å². The quantitative estimate of drug-likeness (QED) is 0.476. The topological polar surface area (TPSA) is 54.4 Å². The van der Waals surface area contributed by atoms with Crippen molar-refractivity contribution in [3.8, 4) is 5.75 Å². The minimum absolute atomic E-state index is 0.780. The summed E-state index contributed by atoms with van der Waals surface area (Å²) in [6.07, 6.45) is 4.56. The number of hydrogen-bond donors (Lipinski definition) is 0. The maximum absolute atomic E-state index is 5.25. The summed E-state index contributed by atoms with van der Waals surface area (Å²) in [5, 5.41) is 1.21. The first-order valence-electron chi connectivity index (χ1n) is 11.0. The number of aromatic nitrogens is 3. The molecule has 1 aliphatic rings. The fourth-order valence-electron chi connectivity index (χ4n) is 4.25. The number of methoxy groups -OCH3 is 1. The smallest absolute Gasteiger partial charge is 0.225 e.